The summed E-state index contributed by atoms with van der Waals surface area (Å²) in [6.45, 7) is 2.53. The van der Waals surface area contributed by atoms with Gasteiger partial charge >= 0.3 is 0 Å². The molecule has 0 atom stereocenters. The zero-order valence-electron chi connectivity index (χ0n) is 11.3. The Morgan fingerprint density at radius 3 is 2.67 bits per heavy atom. The van der Waals surface area contributed by atoms with Crippen LogP contribution in [0.3, 0.4) is 0 Å². The quantitative estimate of drug-likeness (QED) is 0.810. The highest BCUT2D eigenvalue weighted by molar-refractivity contribution is 5.75. The summed E-state index contributed by atoms with van der Waals surface area (Å²) in [6, 6.07) is 5.55. The Bertz CT molecular complexity index is 391. The fourth-order valence-electron chi connectivity index (χ4n) is 1.64. The Morgan fingerprint density at radius 2 is 2.06 bits per heavy atom. The number of hydrogen-bond donors (Lipinski definition) is 1. The van der Waals surface area contributed by atoms with Gasteiger partial charge in [0.05, 0.1) is 14.2 Å². The van der Waals surface area contributed by atoms with Crippen LogP contribution in [0.4, 0.5) is 0 Å². The van der Waals surface area contributed by atoms with Crippen molar-refractivity contribution in [2.45, 2.75) is 32.7 Å². The summed E-state index contributed by atoms with van der Waals surface area (Å²) in [6.07, 6.45) is 2.51. The van der Waals surface area contributed by atoms with Crippen LogP contribution >= 0.6 is 0 Å². The third-order valence-electron chi connectivity index (χ3n) is 2.72. The highest BCUT2D eigenvalue weighted by Gasteiger charge is 2.07. The molecule has 0 aliphatic rings. The van der Waals surface area contributed by atoms with E-state index in [4.69, 9.17) is 9.47 Å². The van der Waals surface area contributed by atoms with Crippen molar-refractivity contribution in [2.75, 3.05) is 14.2 Å². The number of rotatable bonds is 7. The van der Waals surface area contributed by atoms with Crippen molar-refractivity contribution in [3.8, 4) is 11.5 Å². The smallest absolute Gasteiger partial charge is 0.220 e. The maximum absolute atomic E-state index is 11.5. The van der Waals surface area contributed by atoms with Crippen LogP contribution in [0.1, 0.15) is 31.7 Å². The van der Waals surface area contributed by atoms with Crippen LogP contribution in [0.2, 0.25) is 0 Å². The molecule has 1 rings (SSSR count). The number of amides is 1. The average Bonchev–Trinajstić information content (AvgIpc) is 2.42. The van der Waals surface area contributed by atoms with Crippen LogP contribution in [0.5, 0.6) is 11.5 Å². The van der Waals surface area contributed by atoms with Gasteiger partial charge in [0.1, 0.15) is 11.5 Å². The number of carbonyl (C=O) groups excluding carboxylic acids is 1. The first-order valence-corrected chi connectivity index (χ1v) is 6.18. The lowest BCUT2D eigenvalue weighted by molar-refractivity contribution is -0.121. The van der Waals surface area contributed by atoms with Gasteiger partial charge in [-0.25, -0.2) is 0 Å². The van der Waals surface area contributed by atoms with Crippen molar-refractivity contribution in [2.24, 2.45) is 0 Å². The molecular weight excluding hydrogens is 230 g/mol. The van der Waals surface area contributed by atoms with Crippen molar-refractivity contribution in [1.29, 1.82) is 0 Å². The molecule has 4 heteroatoms. The summed E-state index contributed by atoms with van der Waals surface area (Å²) >= 11 is 0. The van der Waals surface area contributed by atoms with E-state index in [0.29, 0.717) is 13.0 Å². The molecule has 0 saturated carbocycles. The molecule has 0 aliphatic heterocycles. The first-order chi connectivity index (χ1) is 8.71. The van der Waals surface area contributed by atoms with E-state index in [2.05, 4.69) is 12.2 Å². The molecule has 0 aliphatic carbocycles. The summed E-state index contributed by atoms with van der Waals surface area (Å²) in [5.74, 6) is 1.59. The van der Waals surface area contributed by atoms with Crippen LogP contribution in [-0.2, 0) is 11.3 Å². The number of methoxy groups -OCH3 is 2. The van der Waals surface area contributed by atoms with Gasteiger partial charge in [-0.2, -0.15) is 0 Å². The zero-order chi connectivity index (χ0) is 13.4. The number of nitrogens with one attached hydrogen (secondary N) is 1. The molecule has 0 radical (unpaired) electrons. The van der Waals surface area contributed by atoms with E-state index in [-0.39, 0.29) is 5.91 Å². The fraction of sp³-hybridized carbons (Fsp3) is 0.500. The van der Waals surface area contributed by atoms with E-state index in [1.807, 2.05) is 18.2 Å². The van der Waals surface area contributed by atoms with Gasteiger partial charge in [0.25, 0.3) is 0 Å². The summed E-state index contributed by atoms with van der Waals surface area (Å²) in [7, 11) is 3.23. The maximum Gasteiger partial charge on any atom is 0.220 e. The first-order valence-electron chi connectivity index (χ1n) is 6.18. The monoisotopic (exact) mass is 251 g/mol. The van der Waals surface area contributed by atoms with Gasteiger partial charge < -0.3 is 14.8 Å². The topological polar surface area (TPSA) is 47.6 Å². The van der Waals surface area contributed by atoms with Gasteiger partial charge in [-0.3, -0.25) is 4.79 Å². The lowest BCUT2D eigenvalue weighted by Gasteiger charge is -2.11. The van der Waals surface area contributed by atoms with Crippen LogP contribution in [0.15, 0.2) is 18.2 Å². The van der Waals surface area contributed by atoms with E-state index in [0.717, 1.165) is 29.9 Å². The maximum atomic E-state index is 11.5. The predicted octanol–water partition coefficient (Wildman–Crippen LogP) is 2.51. The molecule has 0 fully saturated rings. The molecule has 18 heavy (non-hydrogen) atoms. The van der Waals surface area contributed by atoms with E-state index < -0.39 is 0 Å². The molecule has 1 aromatic rings. The Hall–Kier alpha value is -1.71. The number of carbonyl (C=O) groups is 1. The fourth-order valence-corrected chi connectivity index (χ4v) is 1.64. The van der Waals surface area contributed by atoms with Crippen LogP contribution in [0, 0.1) is 0 Å². The van der Waals surface area contributed by atoms with E-state index >= 15 is 0 Å². The summed E-state index contributed by atoms with van der Waals surface area (Å²) in [4.78, 5) is 11.5. The lowest BCUT2D eigenvalue weighted by atomic mass is 10.1. The summed E-state index contributed by atoms with van der Waals surface area (Å²) < 4.78 is 10.4. The van der Waals surface area contributed by atoms with Gasteiger partial charge in [-0.15, -0.1) is 0 Å². The van der Waals surface area contributed by atoms with Gasteiger partial charge in [-0.1, -0.05) is 13.3 Å². The van der Waals surface area contributed by atoms with Crippen LogP contribution in [-0.4, -0.2) is 20.1 Å². The minimum absolute atomic E-state index is 0.0710. The van der Waals surface area contributed by atoms with E-state index in [1.54, 1.807) is 14.2 Å². The van der Waals surface area contributed by atoms with Crippen molar-refractivity contribution < 1.29 is 14.3 Å². The van der Waals surface area contributed by atoms with Crippen molar-refractivity contribution in [3.05, 3.63) is 23.8 Å². The second kappa shape index (κ2) is 7.58. The molecule has 1 amide bonds. The van der Waals surface area contributed by atoms with Gasteiger partial charge in [0, 0.05) is 18.5 Å². The first kappa shape index (κ1) is 14.4. The second-order valence-electron chi connectivity index (χ2n) is 4.06. The number of benzene rings is 1. The van der Waals surface area contributed by atoms with E-state index in [9.17, 15) is 4.79 Å². The molecule has 1 aromatic carbocycles. The van der Waals surface area contributed by atoms with Gasteiger partial charge in [-0.05, 0) is 24.6 Å². The molecule has 0 spiro atoms. The van der Waals surface area contributed by atoms with Gasteiger partial charge in [0.15, 0.2) is 0 Å². The normalized spacial score (nSPS) is 9.94. The molecular formula is C14H21NO3. The minimum atomic E-state index is 0.0710. The molecule has 0 unspecified atom stereocenters. The predicted molar refractivity (Wildman–Crippen MR) is 70.9 cm³/mol. The number of unbranched alkanes of at least 4 members (excludes halogenated alkanes) is 1. The van der Waals surface area contributed by atoms with Crippen molar-refractivity contribution >= 4 is 5.91 Å². The molecule has 100 valence electrons. The van der Waals surface area contributed by atoms with Crippen molar-refractivity contribution in [1.82, 2.24) is 5.32 Å². The lowest BCUT2D eigenvalue weighted by Crippen LogP contribution is -2.22. The third-order valence-corrected chi connectivity index (χ3v) is 2.72. The number of hydrogen-bond acceptors (Lipinski definition) is 3. The second-order valence-corrected chi connectivity index (χ2v) is 4.06. The summed E-state index contributed by atoms with van der Waals surface area (Å²) in [5.41, 5.74) is 0.918. The standard InChI is InChI=1S/C14H21NO3/c1-4-5-6-14(16)15-10-11-9-12(17-2)7-8-13(11)18-3/h7-9H,4-6,10H2,1-3H3,(H,15,16). The Morgan fingerprint density at radius 1 is 1.28 bits per heavy atom. The van der Waals surface area contributed by atoms with Gasteiger partial charge in [0.2, 0.25) is 5.91 Å². The highest BCUT2D eigenvalue weighted by atomic mass is 16.5. The van der Waals surface area contributed by atoms with Crippen LogP contribution in [0.25, 0.3) is 0 Å². The Labute approximate surface area is 108 Å². The highest BCUT2D eigenvalue weighted by Crippen LogP contribution is 2.23. The molecule has 0 bridgehead atoms. The zero-order valence-corrected chi connectivity index (χ0v) is 11.3. The molecule has 0 saturated heterocycles. The van der Waals surface area contributed by atoms with Crippen molar-refractivity contribution in [3.63, 3.8) is 0 Å². The third kappa shape index (κ3) is 4.28. The SMILES string of the molecule is CCCCC(=O)NCc1cc(OC)ccc1OC. The Kier molecular flexibility index (Phi) is 6.05. The molecule has 4 nitrogen and oxygen atoms in total. The molecule has 0 heterocycles. The molecule has 0 aromatic heterocycles. The largest absolute Gasteiger partial charge is 0.497 e. The average molecular weight is 251 g/mol. The number of ether oxygens (including phenoxy) is 2. The van der Waals surface area contributed by atoms with Crippen LogP contribution < -0.4 is 14.8 Å². The summed E-state index contributed by atoms with van der Waals surface area (Å²) in [5, 5.41) is 2.89. The minimum Gasteiger partial charge on any atom is -0.497 e. The van der Waals surface area contributed by atoms with E-state index in [1.165, 1.54) is 0 Å². The Balaban J connectivity index is 2.62. The molecule has 1 N–H and O–H groups in total.